The zero-order valence-corrected chi connectivity index (χ0v) is 11.9. The first-order valence-corrected chi connectivity index (χ1v) is 7.47. The zero-order valence-electron chi connectivity index (χ0n) is 11.2. The van der Waals surface area contributed by atoms with Crippen LogP contribution in [0.1, 0.15) is 43.7 Å². The summed E-state index contributed by atoms with van der Waals surface area (Å²) in [7, 11) is 0. The molecule has 108 valence electrons. The lowest BCUT2D eigenvalue weighted by Crippen LogP contribution is -2.43. The molecular formula is C15H18ClFN2O. The maximum absolute atomic E-state index is 13.3. The van der Waals surface area contributed by atoms with Gasteiger partial charge in [0.1, 0.15) is 5.82 Å². The van der Waals surface area contributed by atoms with E-state index in [9.17, 15) is 9.18 Å². The number of nitrogens with two attached hydrogens (primary N) is 1. The summed E-state index contributed by atoms with van der Waals surface area (Å²) < 4.78 is 13.3. The average Bonchev–Trinajstić information content (AvgIpc) is 3.22. The summed E-state index contributed by atoms with van der Waals surface area (Å²) in [6, 6.07) is 4.64. The van der Waals surface area contributed by atoms with Crippen molar-refractivity contribution in [2.45, 2.75) is 50.2 Å². The normalized spacial score (nSPS) is 27.6. The van der Waals surface area contributed by atoms with Crippen molar-refractivity contribution >= 4 is 17.5 Å². The minimum Gasteiger partial charge on any atom is -0.331 e. The molecule has 2 fully saturated rings. The Balaban J connectivity index is 2.00. The van der Waals surface area contributed by atoms with Crippen LogP contribution in [0.4, 0.5) is 4.39 Å². The first-order valence-electron chi connectivity index (χ1n) is 7.09. The molecule has 20 heavy (non-hydrogen) atoms. The van der Waals surface area contributed by atoms with E-state index in [1.54, 1.807) is 12.1 Å². The topological polar surface area (TPSA) is 46.3 Å². The Morgan fingerprint density at radius 2 is 2.05 bits per heavy atom. The molecular weight excluding hydrogens is 279 g/mol. The van der Waals surface area contributed by atoms with Crippen molar-refractivity contribution in [2.75, 3.05) is 0 Å². The summed E-state index contributed by atoms with van der Waals surface area (Å²) in [5.41, 5.74) is 7.13. The number of hydrogen-bond acceptors (Lipinski definition) is 2. The van der Waals surface area contributed by atoms with E-state index in [-0.39, 0.29) is 23.0 Å². The van der Waals surface area contributed by atoms with E-state index < -0.39 is 5.82 Å². The molecule has 2 N–H and O–H groups in total. The van der Waals surface area contributed by atoms with Gasteiger partial charge in [-0.15, -0.1) is 0 Å². The standard InChI is InChI=1S/C15H18ClFN2O/c16-11-8-9(4-7-12(11)17)15-13(18)2-1-3-14(20)19(15)10-5-6-10/h4,7-8,10,13,15H,1-3,5-6,18H2. The summed E-state index contributed by atoms with van der Waals surface area (Å²) in [6.07, 6.45) is 4.23. The third kappa shape index (κ3) is 2.54. The van der Waals surface area contributed by atoms with E-state index >= 15 is 0 Å². The Kier molecular flexibility index (Phi) is 3.69. The van der Waals surface area contributed by atoms with E-state index in [1.807, 2.05) is 4.90 Å². The van der Waals surface area contributed by atoms with Crippen LogP contribution in [-0.2, 0) is 4.79 Å². The van der Waals surface area contributed by atoms with E-state index in [1.165, 1.54) is 6.07 Å². The highest BCUT2D eigenvalue weighted by atomic mass is 35.5. The number of benzene rings is 1. The van der Waals surface area contributed by atoms with Crippen LogP contribution < -0.4 is 5.73 Å². The molecule has 1 aliphatic heterocycles. The summed E-state index contributed by atoms with van der Waals surface area (Å²) >= 11 is 5.88. The molecule has 0 radical (unpaired) electrons. The van der Waals surface area contributed by atoms with Gasteiger partial charge in [-0.1, -0.05) is 17.7 Å². The molecule has 1 aliphatic carbocycles. The SMILES string of the molecule is NC1CCCC(=O)N(C2CC2)C1c1ccc(F)c(Cl)c1. The Labute approximate surface area is 122 Å². The predicted molar refractivity (Wildman–Crippen MR) is 75.8 cm³/mol. The first kappa shape index (κ1) is 13.8. The monoisotopic (exact) mass is 296 g/mol. The second kappa shape index (κ2) is 5.34. The summed E-state index contributed by atoms with van der Waals surface area (Å²) in [4.78, 5) is 14.3. The summed E-state index contributed by atoms with van der Waals surface area (Å²) in [6.45, 7) is 0. The molecule has 3 rings (SSSR count). The predicted octanol–water partition coefficient (Wildman–Crippen LogP) is 3.02. The number of likely N-dealkylation sites (tertiary alicyclic amines) is 1. The molecule has 1 aromatic rings. The molecule has 1 amide bonds. The highest BCUT2D eigenvalue weighted by molar-refractivity contribution is 6.30. The van der Waals surface area contributed by atoms with Gasteiger partial charge in [0, 0.05) is 18.5 Å². The van der Waals surface area contributed by atoms with Crippen molar-refractivity contribution in [1.29, 1.82) is 0 Å². The van der Waals surface area contributed by atoms with Crippen LogP contribution in [0.2, 0.25) is 5.02 Å². The zero-order chi connectivity index (χ0) is 14.3. The summed E-state index contributed by atoms with van der Waals surface area (Å²) in [5, 5.41) is 0.0853. The van der Waals surface area contributed by atoms with Gasteiger partial charge in [0.25, 0.3) is 0 Å². The number of carbonyl (C=O) groups excluding carboxylic acids is 1. The van der Waals surface area contributed by atoms with Crippen molar-refractivity contribution in [3.63, 3.8) is 0 Å². The molecule has 2 atom stereocenters. The van der Waals surface area contributed by atoms with E-state index in [2.05, 4.69) is 0 Å². The molecule has 0 bridgehead atoms. The molecule has 1 saturated carbocycles. The van der Waals surface area contributed by atoms with Gasteiger partial charge in [-0.2, -0.15) is 0 Å². The van der Waals surface area contributed by atoms with Crippen LogP contribution in [0.3, 0.4) is 0 Å². The van der Waals surface area contributed by atoms with Gasteiger partial charge < -0.3 is 10.6 Å². The number of amides is 1. The van der Waals surface area contributed by atoms with Gasteiger partial charge in [0.2, 0.25) is 5.91 Å². The van der Waals surface area contributed by atoms with Crippen molar-refractivity contribution in [1.82, 2.24) is 4.90 Å². The number of nitrogens with zero attached hydrogens (tertiary/aromatic N) is 1. The third-order valence-corrected chi connectivity index (χ3v) is 4.44. The fourth-order valence-electron chi connectivity index (χ4n) is 3.02. The van der Waals surface area contributed by atoms with Crippen LogP contribution in [0, 0.1) is 5.82 Å². The lowest BCUT2D eigenvalue weighted by atomic mass is 9.96. The highest BCUT2D eigenvalue weighted by Gasteiger charge is 2.41. The number of halogens is 2. The number of carbonyl (C=O) groups is 1. The van der Waals surface area contributed by atoms with Crippen LogP contribution in [0.15, 0.2) is 18.2 Å². The Morgan fingerprint density at radius 3 is 2.70 bits per heavy atom. The molecule has 1 aromatic carbocycles. The highest BCUT2D eigenvalue weighted by Crippen LogP contribution is 2.39. The fraction of sp³-hybridized carbons (Fsp3) is 0.533. The van der Waals surface area contributed by atoms with Crippen molar-refractivity contribution in [3.05, 3.63) is 34.6 Å². The second-order valence-corrected chi connectivity index (χ2v) is 6.11. The van der Waals surface area contributed by atoms with E-state index in [0.717, 1.165) is 31.2 Å². The average molecular weight is 297 g/mol. The minimum atomic E-state index is -0.443. The van der Waals surface area contributed by atoms with E-state index in [4.69, 9.17) is 17.3 Å². The quantitative estimate of drug-likeness (QED) is 0.912. The molecule has 1 heterocycles. The van der Waals surface area contributed by atoms with E-state index in [0.29, 0.717) is 12.5 Å². The van der Waals surface area contributed by atoms with Gasteiger partial charge in [-0.05, 0) is 43.4 Å². The van der Waals surface area contributed by atoms with Crippen LogP contribution >= 0.6 is 11.6 Å². The smallest absolute Gasteiger partial charge is 0.223 e. The molecule has 0 aromatic heterocycles. The molecule has 0 spiro atoms. The molecule has 5 heteroatoms. The Hall–Kier alpha value is -1.13. The molecule has 1 saturated heterocycles. The molecule has 2 aliphatic rings. The second-order valence-electron chi connectivity index (χ2n) is 5.71. The van der Waals surface area contributed by atoms with Gasteiger partial charge in [-0.25, -0.2) is 4.39 Å². The van der Waals surface area contributed by atoms with Crippen molar-refractivity contribution < 1.29 is 9.18 Å². The van der Waals surface area contributed by atoms with Crippen molar-refractivity contribution in [2.24, 2.45) is 5.73 Å². The van der Waals surface area contributed by atoms with Gasteiger partial charge >= 0.3 is 0 Å². The third-order valence-electron chi connectivity index (χ3n) is 4.15. The Bertz CT molecular complexity index is 533. The summed E-state index contributed by atoms with van der Waals surface area (Å²) in [5.74, 6) is -0.284. The molecule has 3 nitrogen and oxygen atoms in total. The lowest BCUT2D eigenvalue weighted by molar-refractivity contribution is -0.133. The number of rotatable bonds is 2. The van der Waals surface area contributed by atoms with Crippen LogP contribution in [0.5, 0.6) is 0 Å². The van der Waals surface area contributed by atoms with Crippen LogP contribution in [-0.4, -0.2) is 22.9 Å². The fourth-order valence-corrected chi connectivity index (χ4v) is 3.21. The Morgan fingerprint density at radius 1 is 1.30 bits per heavy atom. The lowest BCUT2D eigenvalue weighted by Gasteiger charge is -2.34. The number of hydrogen-bond donors (Lipinski definition) is 1. The van der Waals surface area contributed by atoms with Gasteiger partial charge in [0.05, 0.1) is 11.1 Å². The van der Waals surface area contributed by atoms with Gasteiger partial charge in [0.15, 0.2) is 0 Å². The maximum Gasteiger partial charge on any atom is 0.223 e. The first-order chi connectivity index (χ1) is 9.58. The van der Waals surface area contributed by atoms with Crippen molar-refractivity contribution in [3.8, 4) is 0 Å². The largest absolute Gasteiger partial charge is 0.331 e. The molecule has 2 unspecified atom stereocenters. The minimum absolute atomic E-state index is 0.0853. The maximum atomic E-state index is 13.3. The van der Waals surface area contributed by atoms with Crippen LogP contribution in [0.25, 0.3) is 0 Å². The van der Waals surface area contributed by atoms with Gasteiger partial charge in [-0.3, -0.25) is 4.79 Å².